The van der Waals surface area contributed by atoms with Gasteiger partial charge in [-0.3, -0.25) is 4.79 Å². The lowest BCUT2D eigenvalue weighted by atomic mass is 10.2. The molecule has 1 heterocycles. The van der Waals surface area contributed by atoms with Crippen LogP contribution in [0.1, 0.15) is 21.7 Å². The Hall–Kier alpha value is -2.19. The van der Waals surface area contributed by atoms with Crippen LogP contribution >= 0.6 is 12.4 Å². The summed E-state index contributed by atoms with van der Waals surface area (Å²) in [7, 11) is 1.58. The zero-order valence-electron chi connectivity index (χ0n) is 12.7. The predicted octanol–water partition coefficient (Wildman–Crippen LogP) is 3.33. The normalized spacial score (nSPS) is 10.9. The third-order valence-electron chi connectivity index (χ3n) is 3.03. The Balaban J connectivity index is 0.00000288. The Morgan fingerprint density at radius 2 is 1.92 bits per heavy atom. The lowest BCUT2D eigenvalue weighted by Crippen LogP contribution is -2.25. The molecule has 0 atom stereocenters. The molecule has 1 aromatic heterocycles. The third kappa shape index (κ3) is 5.47. The summed E-state index contributed by atoms with van der Waals surface area (Å²) in [5, 5.41) is 0. The van der Waals surface area contributed by atoms with Gasteiger partial charge in [-0.15, -0.1) is 25.6 Å². The molecular weight excluding hydrogens is 349 g/mol. The molecule has 5 nitrogen and oxygen atoms in total. The Kier molecular flexibility index (Phi) is 6.68. The van der Waals surface area contributed by atoms with Crippen molar-refractivity contribution >= 4 is 18.3 Å². The van der Waals surface area contributed by atoms with E-state index < -0.39 is 6.36 Å². The number of amides is 1. The summed E-state index contributed by atoms with van der Waals surface area (Å²) < 4.78 is 45.1. The molecule has 132 valence electrons. The van der Waals surface area contributed by atoms with Gasteiger partial charge in [0.25, 0.3) is 5.91 Å². The van der Waals surface area contributed by atoms with E-state index in [0.29, 0.717) is 16.9 Å². The monoisotopic (exact) mass is 364 g/mol. The van der Waals surface area contributed by atoms with Crippen molar-refractivity contribution in [3.63, 3.8) is 0 Å². The molecule has 0 radical (unpaired) electrons. The van der Waals surface area contributed by atoms with Crippen molar-refractivity contribution in [2.75, 3.05) is 7.05 Å². The lowest BCUT2D eigenvalue weighted by molar-refractivity contribution is -0.274. The molecule has 0 aliphatic rings. The molecule has 0 spiro atoms. The van der Waals surface area contributed by atoms with Crippen LogP contribution in [0.4, 0.5) is 13.2 Å². The van der Waals surface area contributed by atoms with Crippen molar-refractivity contribution < 1.29 is 27.1 Å². The number of alkyl halides is 3. The number of hydrogen-bond acceptors (Lipinski definition) is 4. The van der Waals surface area contributed by atoms with Gasteiger partial charge in [0, 0.05) is 13.6 Å². The minimum absolute atomic E-state index is 0. The molecule has 0 aliphatic heterocycles. The zero-order chi connectivity index (χ0) is 17.0. The highest BCUT2D eigenvalue weighted by atomic mass is 35.5. The molecule has 2 N–H and O–H groups in total. The van der Waals surface area contributed by atoms with Gasteiger partial charge in [0.2, 0.25) is 0 Å². The minimum atomic E-state index is -4.73. The first-order valence-electron chi connectivity index (χ1n) is 6.66. The number of furan rings is 1. The molecule has 2 rings (SSSR count). The van der Waals surface area contributed by atoms with Crippen LogP contribution in [-0.4, -0.2) is 24.2 Å². The highest BCUT2D eigenvalue weighted by Crippen LogP contribution is 2.23. The van der Waals surface area contributed by atoms with Crippen LogP contribution in [0, 0.1) is 0 Å². The quantitative estimate of drug-likeness (QED) is 0.883. The Morgan fingerprint density at radius 3 is 2.42 bits per heavy atom. The number of carbonyl (C=O) groups excluding carboxylic acids is 1. The maximum atomic E-state index is 12.2. The molecule has 0 bridgehead atoms. The molecule has 1 aromatic carbocycles. The van der Waals surface area contributed by atoms with E-state index in [1.165, 1.54) is 35.4 Å². The fourth-order valence-electron chi connectivity index (χ4n) is 1.96. The van der Waals surface area contributed by atoms with Crippen molar-refractivity contribution in [2.45, 2.75) is 19.5 Å². The summed E-state index contributed by atoms with van der Waals surface area (Å²) >= 11 is 0. The average Bonchev–Trinajstić information content (AvgIpc) is 2.96. The summed E-state index contributed by atoms with van der Waals surface area (Å²) in [5.41, 5.74) is 6.44. The standard InChI is InChI=1S/C15H15F3N2O3.ClH/c1-20(14(21)11-6-13(7-19)22-9-11)8-10-2-4-12(5-3-10)23-15(16,17)18;/h2-6,9H,7-8,19H2,1H3;1H. The van der Waals surface area contributed by atoms with E-state index >= 15 is 0 Å². The number of hydrogen-bond donors (Lipinski definition) is 1. The first kappa shape index (κ1) is 19.9. The van der Waals surface area contributed by atoms with Crippen molar-refractivity contribution in [3.8, 4) is 5.75 Å². The zero-order valence-corrected chi connectivity index (χ0v) is 13.5. The van der Waals surface area contributed by atoms with Gasteiger partial charge in [-0.1, -0.05) is 12.1 Å². The van der Waals surface area contributed by atoms with Gasteiger partial charge in [-0.2, -0.15) is 0 Å². The number of nitrogens with zero attached hydrogens (tertiary/aromatic N) is 1. The van der Waals surface area contributed by atoms with Crippen molar-refractivity contribution in [3.05, 3.63) is 53.5 Å². The van der Waals surface area contributed by atoms with E-state index in [0.717, 1.165) is 0 Å². The first-order valence-corrected chi connectivity index (χ1v) is 6.66. The second-order valence-corrected chi connectivity index (χ2v) is 4.86. The summed E-state index contributed by atoms with van der Waals surface area (Å²) in [5.74, 6) is -0.0860. The van der Waals surface area contributed by atoms with E-state index in [1.54, 1.807) is 13.1 Å². The number of carbonyl (C=O) groups is 1. The smallest absolute Gasteiger partial charge is 0.467 e. The van der Waals surface area contributed by atoms with Gasteiger partial charge in [-0.05, 0) is 23.8 Å². The second-order valence-electron chi connectivity index (χ2n) is 4.86. The first-order chi connectivity index (χ1) is 10.8. The Morgan fingerprint density at radius 1 is 1.29 bits per heavy atom. The molecule has 0 saturated heterocycles. The topological polar surface area (TPSA) is 68.7 Å². The summed E-state index contributed by atoms with van der Waals surface area (Å²) in [6.45, 7) is 0.423. The van der Waals surface area contributed by atoms with Crippen LogP contribution in [-0.2, 0) is 13.1 Å². The van der Waals surface area contributed by atoms with E-state index in [2.05, 4.69) is 4.74 Å². The van der Waals surface area contributed by atoms with E-state index in [-0.39, 0.29) is 37.2 Å². The van der Waals surface area contributed by atoms with Gasteiger partial charge in [0.15, 0.2) is 0 Å². The van der Waals surface area contributed by atoms with Crippen molar-refractivity contribution in [1.29, 1.82) is 0 Å². The summed E-state index contributed by atoms with van der Waals surface area (Å²) in [4.78, 5) is 13.6. The molecule has 0 saturated carbocycles. The van der Waals surface area contributed by atoms with Crippen LogP contribution in [0.2, 0.25) is 0 Å². The molecule has 24 heavy (non-hydrogen) atoms. The van der Waals surface area contributed by atoms with Gasteiger partial charge in [0.05, 0.1) is 12.1 Å². The number of nitrogens with two attached hydrogens (primary N) is 1. The van der Waals surface area contributed by atoms with E-state index in [1.807, 2.05) is 0 Å². The Bertz CT molecular complexity index is 671. The largest absolute Gasteiger partial charge is 0.573 e. The molecule has 1 amide bonds. The maximum Gasteiger partial charge on any atom is 0.573 e. The molecule has 0 fully saturated rings. The lowest BCUT2D eigenvalue weighted by Gasteiger charge is -2.16. The Labute approximate surface area is 142 Å². The highest BCUT2D eigenvalue weighted by Gasteiger charge is 2.30. The van der Waals surface area contributed by atoms with Gasteiger partial charge in [-0.25, -0.2) is 0 Å². The molecule has 2 aromatic rings. The van der Waals surface area contributed by atoms with Crippen LogP contribution in [0.25, 0.3) is 0 Å². The van der Waals surface area contributed by atoms with Crippen LogP contribution in [0.15, 0.2) is 41.0 Å². The highest BCUT2D eigenvalue weighted by molar-refractivity contribution is 5.93. The van der Waals surface area contributed by atoms with Gasteiger partial charge >= 0.3 is 6.36 Å². The number of halogens is 4. The molecule has 9 heteroatoms. The number of ether oxygens (including phenoxy) is 1. The van der Waals surface area contributed by atoms with E-state index in [4.69, 9.17) is 10.2 Å². The molecule has 0 aliphatic carbocycles. The molecular formula is C15H16ClF3N2O3. The third-order valence-corrected chi connectivity index (χ3v) is 3.03. The summed E-state index contributed by atoms with van der Waals surface area (Å²) in [6.07, 6.45) is -3.41. The predicted molar refractivity (Wildman–Crippen MR) is 82.8 cm³/mol. The van der Waals surface area contributed by atoms with Gasteiger partial charge in [0.1, 0.15) is 17.8 Å². The van der Waals surface area contributed by atoms with Crippen LogP contribution in [0.5, 0.6) is 5.75 Å². The second kappa shape index (κ2) is 8.07. The number of benzene rings is 1. The maximum absolute atomic E-state index is 12.2. The van der Waals surface area contributed by atoms with Crippen molar-refractivity contribution in [2.24, 2.45) is 5.73 Å². The van der Waals surface area contributed by atoms with Crippen LogP contribution in [0.3, 0.4) is 0 Å². The van der Waals surface area contributed by atoms with E-state index in [9.17, 15) is 18.0 Å². The van der Waals surface area contributed by atoms with Gasteiger partial charge < -0.3 is 19.8 Å². The number of rotatable bonds is 5. The SMILES string of the molecule is CN(Cc1ccc(OC(F)(F)F)cc1)C(=O)c1coc(CN)c1.Cl. The fourth-order valence-corrected chi connectivity index (χ4v) is 1.96. The minimum Gasteiger partial charge on any atom is -0.467 e. The fraction of sp³-hybridized carbons (Fsp3) is 0.267. The van der Waals surface area contributed by atoms with Crippen molar-refractivity contribution in [1.82, 2.24) is 4.90 Å². The summed E-state index contributed by atoms with van der Waals surface area (Å²) in [6, 6.07) is 6.88. The molecule has 0 unspecified atom stereocenters. The van der Waals surface area contributed by atoms with Crippen LogP contribution < -0.4 is 10.5 Å². The average molecular weight is 365 g/mol.